The van der Waals surface area contributed by atoms with Gasteiger partial charge in [0.25, 0.3) is 12.5 Å². The Morgan fingerprint density at radius 3 is 1.46 bits per heavy atom. The van der Waals surface area contributed by atoms with Crippen molar-refractivity contribution in [3.8, 4) is 12.5 Å². The number of rotatable bonds is 0. The van der Waals surface area contributed by atoms with E-state index in [-0.39, 0.29) is 0 Å². The van der Waals surface area contributed by atoms with Crippen LogP contribution in [0.25, 0.3) is 0 Å². The average Bonchev–Trinajstić information content (AvgIpc) is 2.08. The van der Waals surface area contributed by atoms with Crippen LogP contribution in [0.5, 0.6) is 0 Å². The maximum Gasteiger partial charge on any atom is 0.283 e. The number of hydrogen-bond acceptors (Lipinski definition) is 4. The van der Waals surface area contributed by atoms with Gasteiger partial charge >= 0.3 is 0 Å². The number of nitrogens with zero attached hydrogens (tertiary/aromatic N) is 2. The zero-order valence-corrected chi connectivity index (χ0v) is 7.18. The Morgan fingerprint density at radius 2 is 1.31 bits per heavy atom. The highest BCUT2D eigenvalue weighted by Gasteiger charge is 1.72. The van der Waals surface area contributed by atoms with Crippen LogP contribution in [-0.4, -0.2) is 10.2 Å². The van der Waals surface area contributed by atoms with Crippen molar-refractivity contribution < 1.29 is 10.2 Å². The molecule has 0 aliphatic carbocycles. The molecule has 0 aliphatic rings. The van der Waals surface area contributed by atoms with Gasteiger partial charge in [0.05, 0.1) is 0 Å². The lowest BCUT2D eigenvalue weighted by atomic mass is 10.2. The summed E-state index contributed by atoms with van der Waals surface area (Å²) in [5.41, 5.74) is 1.32. The number of aliphatic hydroxyl groups is 2. The van der Waals surface area contributed by atoms with Gasteiger partial charge in [-0.15, -0.1) is 0 Å². The van der Waals surface area contributed by atoms with Crippen molar-refractivity contribution in [2.45, 2.75) is 6.92 Å². The average molecular weight is 178 g/mol. The number of aryl methyl sites for hydroxylation is 1. The van der Waals surface area contributed by atoms with Crippen LogP contribution in [-0.2, 0) is 0 Å². The molecule has 0 fully saturated rings. The van der Waals surface area contributed by atoms with Crippen LogP contribution in [0.4, 0.5) is 0 Å². The van der Waals surface area contributed by atoms with E-state index in [9.17, 15) is 0 Å². The summed E-state index contributed by atoms with van der Waals surface area (Å²) in [6.07, 6.45) is 1.50. The summed E-state index contributed by atoms with van der Waals surface area (Å²) in [4.78, 5) is 0. The van der Waals surface area contributed by atoms with Crippen LogP contribution < -0.4 is 0 Å². The van der Waals surface area contributed by atoms with Gasteiger partial charge in [0.2, 0.25) is 0 Å². The van der Waals surface area contributed by atoms with Crippen molar-refractivity contribution >= 4 is 0 Å². The predicted octanol–water partition coefficient (Wildman–Crippen LogP) is 1.67. The van der Waals surface area contributed by atoms with Gasteiger partial charge in [0, 0.05) is 0 Å². The van der Waals surface area contributed by atoms with Crippen LogP contribution in [0.1, 0.15) is 5.56 Å². The van der Waals surface area contributed by atoms with Crippen LogP contribution in [0.15, 0.2) is 30.3 Å². The molecular weight excluding hydrogens is 168 g/mol. The largest absolute Gasteiger partial charge is 0.443 e. The molecule has 0 saturated heterocycles. The van der Waals surface area contributed by atoms with Crippen molar-refractivity contribution in [1.29, 1.82) is 10.5 Å². The molecule has 0 unspecified atom stereocenters. The molecular formula is C9H10N2O2. The quantitative estimate of drug-likeness (QED) is 0.591. The van der Waals surface area contributed by atoms with Crippen LogP contribution in [0.2, 0.25) is 0 Å². The lowest BCUT2D eigenvalue weighted by Gasteiger charge is -1.82. The molecule has 0 heterocycles. The van der Waals surface area contributed by atoms with Crippen LogP contribution >= 0.6 is 0 Å². The number of hydrogen-bond donors (Lipinski definition) is 2. The lowest BCUT2D eigenvalue weighted by Crippen LogP contribution is -1.62. The van der Waals surface area contributed by atoms with E-state index in [1.54, 1.807) is 0 Å². The Kier molecular flexibility index (Phi) is 12.9. The second-order valence-electron chi connectivity index (χ2n) is 1.85. The summed E-state index contributed by atoms with van der Waals surface area (Å²) in [6, 6.07) is 10.3. The van der Waals surface area contributed by atoms with Crippen molar-refractivity contribution in [3.63, 3.8) is 0 Å². The lowest BCUT2D eigenvalue weighted by molar-refractivity contribution is 0.502. The molecule has 68 valence electrons. The van der Waals surface area contributed by atoms with Gasteiger partial charge < -0.3 is 10.2 Å². The fourth-order valence-corrected chi connectivity index (χ4v) is 0.534. The zero-order valence-electron chi connectivity index (χ0n) is 7.18. The van der Waals surface area contributed by atoms with E-state index in [4.69, 9.17) is 20.7 Å². The molecule has 4 nitrogen and oxygen atoms in total. The zero-order chi connectivity index (χ0) is 10.5. The van der Waals surface area contributed by atoms with Crippen molar-refractivity contribution in [2.75, 3.05) is 0 Å². The van der Waals surface area contributed by atoms with Gasteiger partial charge in [-0.2, -0.15) is 10.5 Å². The van der Waals surface area contributed by atoms with Gasteiger partial charge in [-0.1, -0.05) is 35.9 Å². The van der Waals surface area contributed by atoms with E-state index in [2.05, 4.69) is 19.1 Å². The maximum atomic E-state index is 6.88. The fourth-order valence-electron chi connectivity index (χ4n) is 0.534. The van der Waals surface area contributed by atoms with Gasteiger partial charge in [0.15, 0.2) is 0 Å². The monoisotopic (exact) mass is 178 g/mol. The highest BCUT2D eigenvalue weighted by molar-refractivity contribution is 5.11. The Morgan fingerprint density at radius 1 is 1.00 bits per heavy atom. The van der Waals surface area contributed by atoms with Crippen molar-refractivity contribution in [2.24, 2.45) is 0 Å². The summed E-state index contributed by atoms with van der Waals surface area (Å²) in [5, 5.41) is 27.5. The van der Waals surface area contributed by atoms with Crippen molar-refractivity contribution in [1.82, 2.24) is 0 Å². The standard InChI is InChI=1S/C7H8.2CHNO/c1-7-5-3-2-4-6-7;2*2-1-3/h2-6H,1H3;2*3H. The van der Waals surface area contributed by atoms with E-state index in [1.165, 1.54) is 5.56 Å². The molecule has 2 N–H and O–H groups in total. The third kappa shape index (κ3) is 17.7. The Bertz CT molecular complexity index is 260. The number of benzene rings is 1. The van der Waals surface area contributed by atoms with Gasteiger partial charge in [-0.05, 0) is 6.92 Å². The first-order chi connectivity index (χ1) is 6.22. The normalized spacial score (nSPS) is 5.77. The van der Waals surface area contributed by atoms with E-state index in [0.717, 1.165) is 12.5 Å². The third-order valence-corrected chi connectivity index (χ3v) is 0.940. The second-order valence-corrected chi connectivity index (χ2v) is 1.85. The first kappa shape index (κ1) is 13.4. The highest BCUT2D eigenvalue weighted by Crippen LogP contribution is 1.92. The molecule has 0 spiro atoms. The Hall–Kier alpha value is -2.20. The summed E-state index contributed by atoms with van der Waals surface area (Å²) >= 11 is 0. The molecule has 13 heavy (non-hydrogen) atoms. The minimum absolute atomic E-state index is 0.750. The molecule has 0 atom stereocenters. The maximum absolute atomic E-state index is 6.88. The summed E-state index contributed by atoms with van der Waals surface area (Å²) in [6.45, 7) is 2.08. The van der Waals surface area contributed by atoms with E-state index >= 15 is 0 Å². The SMILES string of the molecule is Cc1ccccc1.N#CO.N#CO. The van der Waals surface area contributed by atoms with Crippen molar-refractivity contribution in [3.05, 3.63) is 35.9 Å². The minimum Gasteiger partial charge on any atom is -0.443 e. The molecule has 0 bridgehead atoms. The Balaban J connectivity index is 0. The minimum atomic E-state index is 0.750. The fraction of sp³-hybridized carbons (Fsp3) is 0.111. The Labute approximate surface area is 76.9 Å². The summed E-state index contributed by atoms with van der Waals surface area (Å²) < 4.78 is 0. The van der Waals surface area contributed by atoms with E-state index in [1.807, 2.05) is 18.2 Å². The van der Waals surface area contributed by atoms with Gasteiger partial charge in [-0.25, -0.2) is 0 Å². The topological polar surface area (TPSA) is 88.0 Å². The molecule has 0 amide bonds. The van der Waals surface area contributed by atoms with Crippen LogP contribution in [0, 0.1) is 30.0 Å². The van der Waals surface area contributed by atoms with Gasteiger partial charge in [0.1, 0.15) is 0 Å². The highest BCUT2D eigenvalue weighted by atomic mass is 16.2. The number of nitriles is 2. The summed E-state index contributed by atoms with van der Waals surface area (Å²) in [5.74, 6) is 0. The summed E-state index contributed by atoms with van der Waals surface area (Å²) in [7, 11) is 0. The predicted molar refractivity (Wildman–Crippen MR) is 46.3 cm³/mol. The molecule has 1 aromatic carbocycles. The van der Waals surface area contributed by atoms with E-state index < -0.39 is 0 Å². The first-order valence-electron chi connectivity index (χ1n) is 3.31. The number of aliphatic hydroxyl groups excluding tert-OH is 2. The molecule has 1 rings (SSSR count). The van der Waals surface area contributed by atoms with E-state index in [0.29, 0.717) is 0 Å². The molecule has 1 aromatic rings. The molecule has 0 aliphatic heterocycles. The second kappa shape index (κ2) is 12.5. The molecule has 0 aromatic heterocycles. The smallest absolute Gasteiger partial charge is 0.283 e. The molecule has 0 saturated carbocycles. The van der Waals surface area contributed by atoms with Crippen LogP contribution in [0.3, 0.4) is 0 Å². The first-order valence-corrected chi connectivity index (χ1v) is 3.31. The third-order valence-electron chi connectivity index (χ3n) is 0.940. The van der Waals surface area contributed by atoms with Gasteiger partial charge in [-0.3, -0.25) is 0 Å². The molecule has 0 radical (unpaired) electrons. The molecule has 4 heteroatoms.